The Balaban J connectivity index is 1.76. The first-order valence-corrected chi connectivity index (χ1v) is 7.92. The van der Waals surface area contributed by atoms with Crippen LogP contribution in [0.5, 0.6) is 0 Å². The third-order valence-corrected chi connectivity index (χ3v) is 5.34. The summed E-state index contributed by atoms with van der Waals surface area (Å²) in [7, 11) is 0. The number of benzene rings is 1. The number of carboxylic acid groups (broad SMARTS) is 1. The topological polar surface area (TPSA) is 57.6 Å². The quantitative estimate of drug-likeness (QED) is 0.894. The third kappa shape index (κ3) is 2.87. The number of alkyl halides is 3. The number of rotatable bonds is 2. The summed E-state index contributed by atoms with van der Waals surface area (Å²) in [6.45, 7) is 0.197. The highest BCUT2D eigenvalue weighted by Crippen LogP contribution is 2.56. The maximum Gasteiger partial charge on any atom is 0.392 e. The first-order chi connectivity index (χ1) is 11.2. The van der Waals surface area contributed by atoms with Crippen LogP contribution in [0.3, 0.4) is 0 Å². The minimum Gasteiger partial charge on any atom is -0.478 e. The van der Waals surface area contributed by atoms with Gasteiger partial charge in [0.1, 0.15) is 0 Å². The van der Waals surface area contributed by atoms with Crippen LogP contribution in [0.4, 0.5) is 13.2 Å². The molecule has 1 spiro atoms. The molecule has 7 heteroatoms. The van der Waals surface area contributed by atoms with Crippen molar-refractivity contribution in [3.8, 4) is 0 Å². The first kappa shape index (κ1) is 16.8. The Labute approximate surface area is 137 Å². The SMILES string of the molecule is O=C(O)c1ccc(C(=O)N2CCC(C(F)(F)F)C3(CCC3)C2)cc1. The average Bonchev–Trinajstić information content (AvgIpc) is 2.51. The van der Waals surface area contributed by atoms with Crippen molar-refractivity contribution in [2.24, 2.45) is 11.3 Å². The number of halogens is 3. The molecular formula is C17H18F3NO3. The number of likely N-dealkylation sites (tertiary alicyclic amines) is 1. The predicted octanol–water partition coefficient (Wildman–Crippen LogP) is 3.58. The van der Waals surface area contributed by atoms with Gasteiger partial charge in [-0.05, 0) is 48.9 Å². The molecule has 1 aromatic carbocycles. The van der Waals surface area contributed by atoms with Crippen LogP contribution in [-0.4, -0.2) is 41.1 Å². The van der Waals surface area contributed by atoms with Gasteiger partial charge in [0.2, 0.25) is 0 Å². The Morgan fingerprint density at radius 1 is 1.12 bits per heavy atom. The molecule has 1 aromatic rings. The lowest BCUT2D eigenvalue weighted by molar-refractivity contribution is -0.235. The van der Waals surface area contributed by atoms with Crippen LogP contribution in [0, 0.1) is 11.3 Å². The van der Waals surface area contributed by atoms with Gasteiger partial charge in [-0.1, -0.05) is 6.42 Å². The molecule has 4 nitrogen and oxygen atoms in total. The van der Waals surface area contributed by atoms with Crippen LogP contribution >= 0.6 is 0 Å². The molecule has 1 aliphatic carbocycles. The fourth-order valence-electron chi connectivity index (χ4n) is 3.92. The molecule has 0 aromatic heterocycles. The summed E-state index contributed by atoms with van der Waals surface area (Å²) in [5, 5.41) is 8.87. The van der Waals surface area contributed by atoms with Crippen molar-refractivity contribution in [1.82, 2.24) is 4.90 Å². The van der Waals surface area contributed by atoms with Gasteiger partial charge in [0.05, 0.1) is 11.5 Å². The molecule has 3 rings (SSSR count). The van der Waals surface area contributed by atoms with Crippen molar-refractivity contribution in [3.05, 3.63) is 35.4 Å². The Kier molecular flexibility index (Phi) is 4.05. The fourth-order valence-corrected chi connectivity index (χ4v) is 3.92. The molecule has 1 heterocycles. The van der Waals surface area contributed by atoms with Gasteiger partial charge in [-0.25, -0.2) is 4.79 Å². The van der Waals surface area contributed by atoms with E-state index in [9.17, 15) is 22.8 Å². The fraction of sp³-hybridized carbons (Fsp3) is 0.529. The maximum absolute atomic E-state index is 13.3. The molecule has 2 aliphatic rings. The summed E-state index contributed by atoms with van der Waals surface area (Å²) in [4.78, 5) is 24.9. The second-order valence-electron chi connectivity index (χ2n) is 6.71. The molecule has 1 atom stereocenters. The van der Waals surface area contributed by atoms with Gasteiger partial charge in [-0.15, -0.1) is 0 Å². The number of carboxylic acids is 1. The number of aromatic carboxylic acids is 1. The number of amides is 1. The average molecular weight is 341 g/mol. The van der Waals surface area contributed by atoms with Crippen LogP contribution in [0.1, 0.15) is 46.4 Å². The largest absolute Gasteiger partial charge is 0.478 e. The standard InChI is InChI=1S/C17H18F3NO3/c18-17(19,20)13-6-9-21(10-16(13)7-1-8-16)14(22)11-2-4-12(5-3-11)15(23)24/h2-5,13H,1,6-10H2,(H,23,24). The zero-order valence-electron chi connectivity index (χ0n) is 13.0. The zero-order valence-corrected chi connectivity index (χ0v) is 13.0. The van der Waals surface area contributed by atoms with E-state index in [0.29, 0.717) is 18.4 Å². The summed E-state index contributed by atoms with van der Waals surface area (Å²) in [6, 6.07) is 5.48. The van der Waals surface area contributed by atoms with Crippen molar-refractivity contribution < 1.29 is 27.9 Å². The predicted molar refractivity (Wildman–Crippen MR) is 79.8 cm³/mol. The smallest absolute Gasteiger partial charge is 0.392 e. The van der Waals surface area contributed by atoms with E-state index in [1.165, 1.54) is 29.2 Å². The van der Waals surface area contributed by atoms with Crippen molar-refractivity contribution in [1.29, 1.82) is 0 Å². The molecule has 130 valence electrons. The van der Waals surface area contributed by atoms with Gasteiger partial charge < -0.3 is 10.0 Å². The van der Waals surface area contributed by atoms with Crippen LogP contribution in [0.2, 0.25) is 0 Å². The summed E-state index contributed by atoms with van der Waals surface area (Å²) < 4.78 is 39.8. The summed E-state index contributed by atoms with van der Waals surface area (Å²) in [5.74, 6) is -2.76. The molecule has 1 saturated heterocycles. The Bertz CT molecular complexity index is 650. The van der Waals surface area contributed by atoms with Gasteiger partial charge in [0.15, 0.2) is 0 Å². The second kappa shape index (κ2) is 5.79. The van der Waals surface area contributed by atoms with Gasteiger partial charge in [-0.3, -0.25) is 4.79 Å². The van der Waals surface area contributed by atoms with Gasteiger partial charge >= 0.3 is 12.1 Å². The number of hydrogen-bond donors (Lipinski definition) is 1. The van der Waals surface area contributed by atoms with E-state index in [2.05, 4.69) is 0 Å². The van der Waals surface area contributed by atoms with Crippen molar-refractivity contribution >= 4 is 11.9 Å². The summed E-state index contributed by atoms with van der Waals surface area (Å²) >= 11 is 0. The van der Waals surface area contributed by atoms with Gasteiger partial charge in [0, 0.05) is 18.7 Å². The zero-order chi connectivity index (χ0) is 17.5. The van der Waals surface area contributed by atoms with Crippen molar-refractivity contribution in [2.75, 3.05) is 13.1 Å². The van der Waals surface area contributed by atoms with E-state index in [-0.39, 0.29) is 31.0 Å². The van der Waals surface area contributed by atoms with Gasteiger partial charge in [-0.2, -0.15) is 13.2 Å². The van der Waals surface area contributed by atoms with Crippen LogP contribution < -0.4 is 0 Å². The lowest BCUT2D eigenvalue weighted by atomic mass is 9.58. The Morgan fingerprint density at radius 3 is 2.17 bits per heavy atom. The number of piperidine rings is 1. The number of hydrogen-bond acceptors (Lipinski definition) is 2. The molecule has 1 aliphatic heterocycles. The number of carbonyl (C=O) groups excluding carboxylic acids is 1. The number of carbonyl (C=O) groups is 2. The molecule has 0 radical (unpaired) electrons. The lowest BCUT2D eigenvalue weighted by Crippen LogP contribution is -2.57. The van der Waals surface area contributed by atoms with Crippen molar-refractivity contribution in [2.45, 2.75) is 31.9 Å². The van der Waals surface area contributed by atoms with E-state index in [0.717, 1.165) is 6.42 Å². The normalized spacial score (nSPS) is 23.0. The number of nitrogens with zero attached hydrogens (tertiary/aromatic N) is 1. The molecule has 1 amide bonds. The molecule has 1 unspecified atom stereocenters. The molecule has 1 saturated carbocycles. The van der Waals surface area contributed by atoms with E-state index in [1.807, 2.05) is 0 Å². The molecule has 2 fully saturated rings. The van der Waals surface area contributed by atoms with Crippen molar-refractivity contribution in [3.63, 3.8) is 0 Å². The maximum atomic E-state index is 13.3. The first-order valence-electron chi connectivity index (χ1n) is 7.92. The van der Waals surface area contributed by atoms with E-state index < -0.39 is 23.5 Å². The summed E-state index contributed by atoms with van der Waals surface area (Å²) in [5.41, 5.74) is -0.467. The van der Waals surface area contributed by atoms with Crippen LogP contribution in [0.15, 0.2) is 24.3 Å². The Hall–Kier alpha value is -2.05. The molecule has 24 heavy (non-hydrogen) atoms. The van der Waals surface area contributed by atoms with Crippen LogP contribution in [0.25, 0.3) is 0 Å². The highest BCUT2D eigenvalue weighted by molar-refractivity contribution is 5.96. The van der Waals surface area contributed by atoms with Gasteiger partial charge in [0.25, 0.3) is 5.91 Å². The van der Waals surface area contributed by atoms with Crippen LogP contribution in [-0.2, 0) is 0 Å². The lowest BCUT2D eigenvalue weighted by Gasteiger charge is -2.54. The van der Waals surface area contributed by atoms with E-state index in [4.69, 9.17) is 5.11 Å². The van der Waals surface area contributed by atoms with E-state index in [1.54, 1.807) is 0 Å². The highest BCUT2D eigenvalue weighted by Gasteiger charge is 2.58. The molecular weight excluding hydrogens is 323 g/mol. The molecule has 1 N–H and O–H groups in total. The third-order valence-electron chi connectivity index (χ3n) is 5.34. The highest BCUT2D eigenvalue weighted by atomic mass is 19.4. The second-order valence-corrected chi connectivity index (χ2v) is 6.71. The van der Waals surface area contributed by atoms with E-state index >= 15 is 0 Å². The minimum absolute atomic E-state index is 0.0670. The summed E-state index contributed by atoms with van der Waals surface area (Å²) in [6.07, 6.45) is -2.53. The molecule has 0 bridgehead atoms. The minimum atomic E-state index is -4.22. The Morgan fingerprint density at radius 2 is 1.71 bits per heavy atom. The monoisotopic (exact) mass is 341 g/mol.